The van der Waals surface area contributed by atoms with Crippen molar-refractivity contribution in [3.05, 3.63) is 61.7 Å². The first-order valence-electron chi connectivity index (χ1n) is 8.22. The Balaban J connectivity index is 0.000000181. The summed E-state index contributed by atoms with van der Waals surface area (Å²) < 4.78 is 0. The Morgan fingerprint density at radius 1 is 0.806 bits per heavy atom. The minimum atomic E-state index is 0.101. The molecule has 0 aliphatic carbocycles. The van der Waals surface area contributed by atoms with Gasteiger partial charge in [0, 0.05) is 23.5 Å². The fourth-order valence-electron chi connectivity index (χ4n) is 1.80. The summed E-state index contributed by atoms with van der Waals surface area (Å²) in [6.45, 7) is 3.80. The van der Waals surface area contributed by atoms with Gasteiger partial charge in [0.25, 0.3) is 0 Å². The first kappa shape index (κ1) is 24.9. The number of halogens is 5. The number of nitrogens with zero attached hydrogens (tertiary/aromatic N) is 6. The zero-order chi connectivity index (χ0) is 23.0. The molecule has 0 saturated carbocycles. The summed E-state index contributed by atoms with van der Waals surface area (Å²) in [5, 5.41) is 17.2. The Kier molecular flexibility index (Phi) is 9.53. The number of hydrogen-bond acceptors (Lipinski definition) is 8. The number of rotatable bonds is 2. The third-order valence-corrected chi connectivity index (χ3v) is 4.37. The van der Waals surface area contributed by atoms with Crippen molar-refractivity contribution in [1.82, 2.24) is 40.3 Å². The first-order chi connectivity index (χ1) is 14.6. The Hall–Kier alpha value is -2.37. The third-order valence-electron chi connectivity index (χ3n) is 3.06. The molecule has 0 radical (unpaired) electrons. The lowest BCUT2D eigenvalue weighted by atomic mass is 10.4. The van der Waals surface area contributed by atoms with E-state index in [0.29, 0.717) is 27.5 Å². The normalized spacial score (nSPS) is 9.90. The van der Waals surface area contributed by atoms with Crippen LogP contribution in [0.4, 0.5) is 17.5 Å². The van der Waals surface area contributed by atoms with Crippen LogP contribution < -0.4 is 11.1 Å². The molecule has 4 aromatic heterocycles. The zero-order valence-electron chi connectivity index (χ0n) is 16.0. The Labute approximate surface area is 201 Å². The lowest BCUT2D eigenvalue weighted by Crippen LogP contribution is -1.96. The maximum atomic E-state index is 5.87. The molecule has 0 spiro atoms. The zero-order valence-corrected chi connectivity index (χ0v) is 19.7. The van der Waals surface area contributed by atoms with E-state index in [0.717, 1.165) is 11.4 Å². The van der Waals surface area contributed by atoms with Crippen LogP contribution in [0.15, 0.2) is 24.5 Å². The molecule has 0 bridgehead atoms. The minimum absolute atomic E-state index is 0.101. The van der Waals surface area contributed by atoms with E-state index in [9.17, 15) is 0 Å². The monoisotopic (exact) mass is 522 g/mol. The van der Waals surface area contributed by atoms with Crippen molar-refractivity contribution in [3.63, 3.8) is 0 Å². The standard InChI is InChI=1S/C8H7Cl2N5.C4HCl3N2.C4H7N3/c1-4-2-6(15-14-4)12-7-5(9)3-11-8(10)13-7;5-2-1-8-4(7)9-3(2)6;1-3-2-4(5)7-6-3/h2-3H,1H3,(H2,11,12,13,14,15);1H;2H,1H3,(H3,5,6,7). The first-order valence-corrected chi connectivity index (χ1v) is 10.1. The van der Waals surface area contributed by atoms with E-state index in [1.54, 1.807) is 6.07 Å². The molecule has 31 heavy (non-hydrogen) atoms. The van der Waals surface area contributed by atoms with Crippen molar-refractivity contribution >= 4 is 75.5 Å². The summed E-state index contributed by atoms with van der Waals surface area (Å²) in [4.78, 5) is 14.8. The Morgan fingerprint density at radius 3 is 1.84 bits per heavy atom. The molecule has 15 heteroatoms. The topological polar surface area (TPSA) is 147 Å². The van der Waals surface area contributed by atoms with Crippen molar-refractivity contribution in [2.75, 3.05) is 11.1 Å². The van der Waals surface area contributed by atoms with Gasteiger partial charge in [0.15, 0.2) is 16.8 Å². The van der Waals surface area contributed by atoms with Crippen molar-refractivity contribution < 1.29 is 0 Å². The second-order valence-corrected chi connectivity index (χ2v) is 7.50. The van der Waals surface area contributed by atoms with Gasteiger partial charge in [-0.25, -0.2) is 15.0 Å². The highest BCUT2D eigenvalue weighted by atomic mass is 35.5. The van der Waals surface area contributed by atoms with Crippen LogP contribution in [-0.4, -0.2) is 40.3 Å². The van der Waals surface area contributed by atoms with Crippen LogP contribution in [0.25, 0.3) is 0 Å². The molecule has 0 aliphatic rings. The second kappa shape index (κ2) is 11.9. The van der Waals surface area contributed by atoms with Gasteiger partial charge in [0.2, 0.25) is 10.6 Å². The van der Waals surface area contributed by atoms with E-state index >= 15 is 0 Å². The molecule has 5 N–H and O–H groups in total. The molecule has 0 saturated heterocycles. The molecule has 0 unspecified atom stereocenters. The number of anilines is 3. The number of aromatic amines is 2. The number of H-pyrrole nitrogens is 2. The van der Waals surface area contributed by atoms with E-state index in [-0.39, 0.29) is 15.7 Å². The molecular formula is C16H15Cl5N10. The van der Waals surface area contributed by atoms with E-state index in [1.807, 2.05) is 19.9 Å². The summed E-state index contributed by atoms with van der Waals surface area (Å²) in [5.74, 6) is 1.62. The molecule has 0 aromatic carbocycles. The smallest absolute Gasteiger partial charge is 0.224 e. The molecule has 0 amide bonds. The molecule has 0 atom stereocenters. The molecule has 10 nitrogen and oxygen atoms in total. The minimum Gasteiger partial charge on any atom is -0.382 e. The van der Waals surface area contributed by atoms with Crippen molar-refractivity contribution in [2.45, 2.75) is 13.8 Å². The van der Waals surface area contributed by atoms with Gasteiger partial charge in [-0.3, -0.25) is 10.2 Å². The largest absolute Gasteiger partial charge is 0.382 e. The number of hydrogen-bond donors (Lipinski definition) is 4. The molecule has 4 heterocycles. The van der Waals surface area contributed by atoms with E-state index in [1.165, 1.54) is 12.4 Å². The Bertz CT molecular complexity index is 1110. The fraction of sp³-hybridized carbons (Fsp3) is 0.125. The average molecular weight is 525 g/mol. The molecule has 0 aliphatic heterocycles. The highest BCUT2D eigenvalue weighted by molar-refractivity contribution is 6.41. The SMILES string of the molecule is Cc1cc(N)n[nH]1.Cc1cc(Nc2nc(Cl)ncc2Cl)n[nH]1.Clc1ncc(Cl)c(Cl)n1. The van der Waals surface area contributed by atoms with Crippen LogP contribution in [-0.2, 0) is 0 Å². The van der Waals surface area contributed by atoms with Gasteiger partial charge in [0.1, 0.15) is 10.8 Å². The lowest BCUT2D eigenvalue weighted by molar-refractivity contribution is 1.05. The van der Waals surface area contributed by atoms with E-state index < -0.39 is 0 Å². The van der Waals surface area contributed by atoms with Gasteiger partial charge in [-0.05, 0) is 37.0 Å². The van der Waals surface area contributed by atoms with Crippen LogP contribution >= 0.6 is 58.0 Å². The number of nitrogens with one attached hydrogen (secondary N) is 3. The highest BCUT2D eigenvalue weighted by Crippen LogP contribution is 2.22. The number of nitrogen functional groups attached to an aromatic ring is 1. The number of aromatic nitrogens is 8. The van der Waals surface area contributed by atoms with Gasteiger partial charge in [0.05, 0.1) is 17.4 Å². The van der Waals surface area contributed by atoms with E-state index in [4.69, 9.17) is 63.7 Å². The van der Waals surface area contributed by atoms with Crippen LogP contribution in [0.3, 0.4) is 0 Å². The summed E-state index contributed by atoms with van der Waals surface area (Å²) in [7, 11) is 0. The molecular weight excluding hydrogens is 510 g/mol. The number of nitrogens with two attached hydrogens (primary N) is 1. The fourth-order valence-corrected chi connectivity index (χ4v) is 2.47. The van der Waals surface area contributed by atoms with Crippen molar-refractivity contribution in [3.8, 4) is 0 Å². The van der Waals surface area contributed by atoms with Crippen LogP contribution in [0, 0.1) is 13.8 Å². The van der Waals surface area contributed by atoms with E-state index in [2.05, 4.69) is 45.6 Å². The molecule has 0 fully saturated rings. The maximum absolute atomic E-state index is 5.87. The van der Waals surface area contributed by atoms with Gasteiger partial charge in [-0.15, -0.1) is 0 Å². The van der Waals surface area contributed by atoms with Crippen molar-refractivity contribution in [2.24, 2.45) is 0 Å². The van der Waals surface area contributed by atoms with Crippen LogP contribution in [0.1, 0.15) is 11.4 Å². The summed E-state index contributed by atoms with van der Waals surface area (Å²) in [6, 6.07) is 3.60. The average Bonchev–Trinajstić information content (AvgIpc) is 3.29. The predicted octanol–water partition coefficient (Wildman–Crippen LogP) is 5.30. The second-order valence-electron chi connectivity index (χ2n) is 5.65. The van der Waals surface area contributed by atoms with Crippen molar-refractivity contribution in [1.29, 1.82) is 0 Å². The lowest BCUT2D eigenvalue weighted by Gasteiger charge is -2.03. The molecule has 164 valence electrons. The molecule has 4 aromatic rings. The van der Waals surface area contributed by atoms with Gasteiger partial charge < -0.3 is 11.1 Å². The summed E-state index contributed by atoms with van der Waals surface area (Å²) >= 11 is 27.8. The summed E-state index contributed by atoms with van der Waals surface area (Å²) in [6.07, 6.45) is 2.78. The third kappa shape index (κ3) is 8.72. The highest BCUT2D eigenvalue weighted by Gasteiger charge is 2.06. The maximum Gasteiger partial charge on any atom is 0.224 e. The van der Waals surface area contributed by atoms with Gasteiger partial charge >= 0.3 is 0 Å². The summed E-state index contributed by atoms with van der Waals surface area (Å²) in [5.41, 5.74) is 7.17. The van der Waals surface area contributed by atoms with Gasteiger partial charge in [-0.1, -0.05) is 34.8 Å². The van der Waals surface area contributed by atoms with Crippen LogP contribution in [0.5, 0.6) is 0 Å². The van der Waals surface area contributed by atoms with Gasteiger partial charge in [-0.2, -0.15) is 15.2 Å². The molecule has 4 rings (SSSR count). The predicted molar refractivity (Wildman–Crippen MR) is 123 cm³/mol. The Morgan fingerprint density at radius 2 is 1.39 bits per heavy atom. The number of aryl methyl sites for hydroxylation is 2. The van der Waals surface area contributed by atoms with Crippen LogP contribution in [0.2, 0.25) is 25.8 Å². The quantitative estimate of drug-likeness (QED) is 0.204.